The molecule has 0 aliphatic carbocycles. The van der Waals surface area contributed by atoms with Crippen LogP contribution in [0, 0.1) is 13.8 Å². The lowest BCUT2D eigenvalue weighted by Gasteiger charge is -2.31. The van der Waals surface area contributed by atoms with Crippen LogP contribution in [-0.4, -0.2) is 43.6 Å². The topological polar surface area (TPSA) is 63.9 Å². The Kier molecular flexibility index (Phi) is 4.92. The quantitative estimate of drug-likeness (QED) is 0.863. The van der Waals surface area contributed by atoms with Crippen LogP contribution in [0.1, 0.15) is 47.8 Å². The first-order chi connectivity index (χ1) is 11.5. The Hall–Kier alpha value is -2.24. The normalized spacial score (nSPS) is 15.7. The van der Waals surface area contributed by atoms with Gasteiger partial charge in [0.15, 0.2) is 0 Å². The smallest absolute Gasteiger partial charge is 0.222 e. The van der Waals surface area contributed by atoms with Crippen molar-refractivity contribution in [3.05, 3.63) is 41.2 Å². The molecule has 3 heterocycles. The van der Waals surface area contributed by atoms with E-state index in [1.54, 1.807) is 6.20 Å². The SMILES string of the molecule is Cc1cncc(C2CCN(C(=O)CCc3cnn(C)c3C)CC2)n1. The van der Waals surface area contributed by atoms with Gasteiger partial charge in [0.1, 0.15) is 0 Å². The van der Waals surface area contributed by atoms with Crippen LogP contribution in [-0.2, 0) is 18.3 Å². The van der Waals surface area contributed by atoms with Gasteiger partial charge in [0.2, 0.25) is 5.91 Å². The van der Waals surface area contributed by atoms with Crippen LogP contribution in [0.5, 0.6) is 0 Å². The first-order valence-electron chi connectivity index (χ1n) is 8.58. The molecule has 0 unspecified atom stereocenters. The van der Waals surface area contributed by atoms with Crippen molar-refractivity contribution < 1.29 is 4.79 Å². The van der Waals surface area contributed by atoms with Crippen LogP contribution in [0.4, 0.5) is 0 Å². The number of nitrogens with zero attached hydrogens (tertiary/aromatic N) is 5. The first kappa shape index (κ1) is 16.6. The van der Waals surface area contributed by atoms with Gasteiger partial charge >= 0.3 is 0 Å². The maximum atomic E-state index is 12.5. The van der Waals surface area contributed by atoms with E-state index in [2.05, 4.69) is 15.1 Å². The van der Waals surface area contributed by atoms with E-state index in [1.165, 1.54) is 0 Å². The highest BCUT2D eigenvalue weighted by Crippen LogP contribution is 2.26. The van der Waals surface area contributed by atoms with E-state index in [0.717, 1.165) is 55.0 Å². The highest BCUT2D eigenvalue weighted by atomic mass is 16.2. The molecular weight excluding hydrogens is 302 g/mol. The fourth-order valence-electron chi connectivity index (χ4n) is 3.29. The van der Waals surface area contributed by atoms with Gasteiger partial charge in [-0.2, -0.15) is 5.10 Å². The van der Waals surface area contributed by atoms with Gasteiger partial charge in [0.25, 0.3) is 0 Å². The van der Waals surface area contributed by atoms with Gasteiger partial charge in [-0.15, -0.1) is 0 Å². The molecule has 1 saturated heterocycles. The minimum absolute atomic E-state index is 0.243. The molecule has 128 valence electrons. The van der Waals surface area contributed by atoms with Crippen LogP contribution in [0.3, 0.4) is 0 Å². The lowest BCUT2D eigenvalue weighted by molar-refractivity contribution is -0.132. The van der Waals surface area contributed by atoms with Crippen molar-refractivity contribution in [3.63, 3.8) is 0 Å². The number of amides is 1. The fraction of sp³-hybridized carbons (Fsp3) is 0.556. The molecule has 0 radical (unpaired) electrons. The summed E-state index contributed by atoms with van der Waals surface area (Å²) in [5.74, 6) is 0.661. The van der Waals surface area contributed by atoms with Crippen molar-refractivity contribution in [1.29, 1.82) is 0 Å². The van der Waals surface area contributed by atoms with Crippen LogP contribution < -0.4 is 0 Å². The van der Waals surface area contributed by atoms with Gasteiger partial charge in [-0.1, -0.05) is 0 Å². The predicted molar refractivity (Wildman–Crippen MR) is 91.6 cm³/mol. The summed E-state index contributed by atoms with van der Waals surface area (Å²) in [6.45, 7) is 5.63. The Bertz CT molecular complexity index is 716. The summed E-state index contributed by atoms with van der Waals surface area (Å²) in [7, 11) is 1.93. The van der Waals surface area contributed by atoms with Crippen LogP contribution in [0.15, 0.2) is 18.6 Å². The van der Waals surface area contributed by atoms with Gasteiger partial charge in [0, 0.05) is 50.6 Å². The molecule has 3 rings (SSSR count). The van der Waals surface area contributed by atoms with E-state index in [0.29, 0.717) is 12.3 Å². The molecule has 24 heavy (non-hydrogen) atoms. The third-order valence-corrected chi connectivity index (χ3v) is 4.98. The van der Waals surface area contributed by atoms with Gasteiger partial charge in [0.05, 0.1) is 17.6 Å². The summed E-state index contributed by atoms with van der Waals surface area (Å²) in [5, 5.41) is 4.24. The van der Waals surface area contributed by atoms with E-state index < -0.39 is 0 Å². The number of aromatic nitrogens is 4. The van der Waals surface area contributed by atoms with Gasteiger partial charge in [-0.3, -0.25) is 19.4 Å². The van der Waals surface area contributed by atoms with Gasteiger partial charge in [-0.25, -0.2) is 0 Å². The lowest BCUT2D eigenvalue weighted by Crippen LogP contribution is -2.38. The molecule has 0 atom stereocenters. The molecule has 6 nitrogen and oxygen atoms in total. The standard InChI is InChI=1S/C18H25N5O/c1-13-10-19-12-17(21-13)15-6-8-23(9-7-15)18(24)5-4-16-11-20-22(3)14(16)2/h10-12,15H,4-9H2,1-3H3. The Morgan fingerprint density at radius 2 is 1.96 bits per heavy atom. The molecule has 0 bridgehead atoms. The molecule has 0 saturated carbocycles. The maximum absolute atomic E-state index is 12.5. The number of likely N-dealkylation sites (tertiary alicyclic amines) is 1. The molecule has 6 heteroatoms. The van der Waals surface area contributed by atoms with E-state index in [1.807, 2.05) is 42.9 Å². The summed E-state index contributed by atoms with van der Waals surface area (Å²) in [6.07, 6.45) is 8.77. The molecule has 2 aromatic heterocycles. The number of piperidine rings is 1. The highest BCUT2D eigenvalue weighted by molar-refractivity contribution is 5.76. The zero-order valence-electron chi connectivity index (χ0n) is 14.7. The summed E-state index contributed by atoms with van der Waals surface area (Å²) in [6, 6.07) is 0. The average Bonchev–Trinajstić information content (AvgIpc) is 2.92. The molecule has 0 N–H and O–H groups in total. The Morgan fingerprint density at radius 3 is 2.58 bits per heavy atom. The zero-order chi connectivity index (χ0) is 17.1. The minimum atomic E-state index is 0.243. The molecule has 0 aromatic carbocycles. The highest BCUT2D eigenvalue weighted by Gasteiger charge is 2.24. The van der Waals surface area contributed by atoms with Crippen molar-refractivity contribution in [2.45, 2.75) is 45.4 Å². The molecule has 0 spiro atoms. The summed E-state index contributed by atoms with van der Waals surface area (Å²) >= 11 is 0. The second kappa shape index (κ2) is 7.11. The second-order valence-corrected chi connectivity index (χ2v) is 6.62. The number of hydrogen-bond donors (Lipinski definition) is 0. The molecular formula is C18H25N5O. The third kappa shape index (κ3) is 3.63. The Morgan fingerprint density at radius 1 is 1.21 bits per heavy atom. The van der Waals surface area contributed by atoms with Gasteiger partial charge < -0.3 is 4.90 Å². The maximum Gasteiger partial charge on any atom is 0.222 e. The molecule has 2 aromatic rings. The number of aryl methyl sites for hydroxylation is 3. The largest absolute Gasteiger partial charge is 0.343 e. The molecule has 1 aliphatic rings. The fourth-order valence-corrected chi connectivity index (χ4v) is 3.29. The minimum Gasteiger partial charge on any atom is -0.343 e. The van der Waals surface area contributed by atoms with Crippen LogP contribution in [0.2, 0.25) is 0 Å². The number of rotatable bonds is 4. The molecule has 1 amide bonds. The summed E-state index contributed by atoms with van der Waals surface area (Å²) in [4.78, 5) is 23.3. The van der Waals surface area contributed by atoms with Crippen molar-refractivity contribution in [2.24, 2.45) is 7.05 Å². The van der Waals surface area contributed by atoms with E-state index >= 15 is 0 Å². The van der Waals surface area contributed by atoms with E-state index in [-0.39, 0.29) is 5.91 Å². The first-order valence-corrected chi connectivity index (χ1v) is 8.58. The van der Waals surface area contributed by atoms with Crippen molar-refractivity contribution in [1.82, 2.24) is 24.6 Å². The third-order valence-electron chi connectivity index (χ3n) is 4.98. The second-order valence-electron chi connectivity index (χ2n) is 6.62. The molecule has 1 aliphatic heterocycles. The Labute approximate surface area is 142 Å². The average molecular weight is 327 g/mol. The summed E-state index contributed by atoms with van der Waals surface area (Å²) < 4.78 is 1.86. The Balaban J connectivity index is 1.51. The van der Waals surface area contributed by atoms with Crippen LogP contribution in [0.25, 0.3) is 0 Å². The van der Waals surface area contributed by atoms with E-state index in [9.17, 15) is 4.79 Å². The number of carbonyl (C=O) groups is 1. The lowest BCUT2D eigenvalue weighted by atomic mass is 9.93. The van der Waals surface area contributed by atoms with Crippen molar-refractivity contribution in [3.8, 4) is 0 Å². The summed E-state index contributed by atoms with van der Waals surface area (Å²) in [5.41, 5.74) is 4.32. The number of hydrogen-bond acceptors (Lipinski definition) is 4. The predicted octanol–water partition coefficient (Wildman–Crippen LogP) is 2.17. The van der Waals surface area contributed by atoms with Crippen molar-refractivity contribution >= 4 is 5.91 Å². The molecule has 1 fully saturated rings. The number of carbonyl (C=O) groups excluding carboxylic acids is 1. The van der Waals surface area contributed by atoms with Crippen molar-refractivity contribution in [2.75, 3.05) is 13.1 Å². The van der Waals surface area contributed by atoms with E-state index in [4.69, 9.17) is 0 Å². The van der Waals surface area contributed by atoms with Crippen LogP contribution >= 0.6 is 0 Å². The zero-order valence-corrected chi connectivity index (χ0v) is 14.7. The monoisotopic (exact) mass is 327 g/mol. The van der Waals surface area contributed by atoms with Gasteiger partial charge in [-0.05, 0) is 38.7 Å².